The molecule has 0 spiro atoms. The molecule has 2 N–H and O–H groups in total. The highest BCUT2D eigenvalue weighted by Crippen LogP contribution is 2.06. The first kappa shape index (κ1) is 17.2. The fourth-order valence-electron chi connectivity index (χ4n) is 2.01. The minimum Gasteiger partial charge on any atom is -0.481 e. The number of hydrogen-bond acceptors (Lipinski definition) is 3. The number of carboxylic acid groups (broad SMARTS) is 1. The highest BCUT2D eigenvalue weighted by molar-refractivity contribution is 5.94. The number of carbonyl (C=O) groups is 2. The number of aliphatic carboxylic acids is 1. The Kier molecular flexibility index (Phi) is 7.46. The lowest BCUT2D eigenvalue weighted by atomic mass is 10.1. The van der Waals surface area contributed by atoms with E-state index in [2.05, 4.69) is 10.2 Å². The normalized spacial score (nSPS) is 10.6. The Hall–Kier alpha value is -1.88. The molecule has 5 nitrogen and oxygen atoms in total. The summed E-state index contributed by atoms with van der Waals surface area (Å²) < 4.78 is 0. The SMILES string of the molecule is CN(C)Cc1ccc(C(=O)NCCCCCC(=O)O)cc1. The molecular formula is C16H24N2O3. The summed E-state index contributed by atoms with van der Waals surface area (Å²) in [6.07, 6.45) is 2.47. The Morgan fingerprint density at radius 1 is 1.10 bits per heavy atom. The zero-order valence-electron chi connectivity index (χ0n) is 12.8. The van der Waals surface area contributed by atoms with Crippen LogP contribution in [-0.2, 0) is 11.3 Å². The van der Waals surface area contributed by atoms with Gasteiger partial charge in [-0.3, -0.25) is 9.59 Å². The van der Waals surface area contributed by atoms with Gasteiger partial charge in [-0.25, -0.2) is 0 Å². The lowest BCUT2D eigenvalue weighted by molar-refractivity contribution is -0.137. The third-order valence-corrected chi connectivity index (χ3v) is 3.07. The molecule has 0 heterocycles. The van der Waals surface area contributed by atoms with Crippen molar-refractivity contribution in [3.05, 3.63) is 35.4 Å². The highest BCUT2D eigenvalue weighted by Gasteiger charge is 2.05. The molecule has 1 amide bonds. The van der Waals surface area contributed by atoms with Gasteiger partial charge in [0.25, 0.3) is 5.91 Å². The third kappa shape index (κ3) is 7.46. The average molecular weight is 292 g/mol. The van der Waals surface area contributed by atoms with Gasteiger partial charge in [-0.2, -0.15) is 0 Å². The minimum absolute atomic E-state index is 0.0790. The molecule has 1 aromatic carbocycles. The van der Waals surface area contributed by atoms with Crippen molar-refractivity contribution in [3.63, 3.8) is 0 Å². The summed E-state index contributed by atoms with van der Waals surface area (Å²) in [6, 6.07) is 7.58. The number of carbonyl (C=O) groups excluding carboxylic acids is 1. The van der Waals surface area contributed by atoms with Crippen LogP contribution in [0.4, 0.5) is 0 Å². The van der Waals surface area contributed by atoms with Crippen molar-refractivity contribution in [3.8, 4) is 0 Å². The molecule has 116 valence electrons. The molecule has 0 atom stereocenters. The number of amides is 1. The van der Waals surface area contributed by atoms with Crippen LogP contribution in [0.5, 0.6) is 0 Å². The number of carboxylic acids is 1. The summed E-state index contributed by atoms with van der Waals surface area (Å²) in [5.74, 6) is -0.846. The second kappa shape index (κ2) is 9.13. The maximum atomic E-state index is 11.9. The topological polar surface area (TPSA) is 69.6 Å². The van der Waals surface area contributed by atoms with Crippen molar-refractivity contribution in [2.45, 2.75) is 32.2 Å². The largest absolute Gasteiger partial charge is 0.481 e. The van der Waals surface area contributed by atoms with Gasteiger partial charge in [-0.1, -0.05) is 18.6 Å². The van der Waals surface area contributed by atoms with E-state index < -0.39 is 5.97 Å². The van der Waals surface area contributed by atoms with Crippen LogP contribution in [0.15, 0.2) is 24.3 Å². The number of unbranched alkanes of at least 4 members (excludes halogenated alkanes) is 2. The maximum Gasteiger partial charge on any atom is 0.303 e. The number of nitrogens with zero attached hydrogens (tertiary/aromatic N) is 1. The van der Waals surface area contributed by atoms with Crippen molar-refractivity contribution < 1.29 is 14.7 Å². The first-order valence-electron chi connectivity index (χ1n) is 7.22. The molecule has 0 fully saturated rings. The second-order valence-electron chi connectivity index (χ2n) is 5.40. The molecule has 0 unspecified atom stereocenters. The molecule has 21 heavy (non-hydrogen) atoms. The molecule has 0 aliphatic heterocycles. The highest BCUT2D eigenvalue weighted by atomic mass is 16.4. The third-order valence-electron chi connectivity index (χ3n) is 3.07. The summed E-state index contributed by atoms with van der Waals surface area (Å²) in [7, 11) is 4.01. The summed E-state index contributed by atoms with van der Waals surface area (Å²) in [6.45, 7) is 1.43. The van der Waals surface area contributed by atoms with E-state index in [0.717, 1.165) is 19.4 Å². The van der Waals surface area contributed by atoms with Crippen LogP contribution in [0.2, 0.25) is 0 Å². The quantitative estimate of drug-likeness (QED) is 0.684. The number of nitrogens with one attached hydrogen (secondary N) is 1. The van der Waals surface area contributed by atoms with Gasteiger partial charge < -0.3 is 15.3 Å². The number of rotatable bonds is 9. The molecular weight excluding hydrogens is 268 g/mol. The van der Waals surface area contributed by atoms with E-state index >= 15 is 0 Å². The van der Waals surface area contributed by atoms with Gasteiger partial charge in [-0.05, 0) is 44.6 Å². The predicted octanol–water partition coefficient (Wildman–Crippen LogP) is 2.12. The van der Waals surface area contributed by atoms with Crippen LogP contribution in [-0.4, -0.2) is 42.5 Å². The van der Waals surface area contributed by atoms with Crippen LogP contribution in [0.25, 0.3) is 0 Å². The maximum absolute atomic E-state index is 11.9. The first-order chi connectivity index (χ1) is 9.99. The Labute approximate surface area is 126 Å². The van der Waals surface area contributed by atoms with Crippen LogP contribution in [0, 0.1) is 0 Å². The molecule has 0 aliphatic carbocycles. The molecule has 0 bridgehead atoms. The predicted molar refractivity (Wildman–Crippen MR) is 82.3 cm³/mol. The van der Waals surface area contributed by atoms with E-state index in [9.17, 15) is 9.59 Å². The van der Waals surface area contributed by atoms with Gasteiger partial charge in [0.15, 0.2) is 0 Å². The van der Waals surface area contributed by atoms with E-state index in [-0.39, 0.29) is 12.3 Å². The fraction of sp³-hybridized carbons (Fsp3) is 0.500. The zero-order valence-corrected chi connectivity index (χ0v) is 12.8. The summed E-state index contributed by atoms with van der Waals surface area (Å²) >= 11 is 0. The van der Waals surface area contributed by atoms with Crippen LogP contribution >= 0.6 is 0 Å². The fourth-order valence-corrected chi connectivity index (χ4v) is 2.01. The van der Waals surface area contributed by atoms with E-state index in [1.807, 2.05) is 38.4 Å². The second-order valence-corrected chi connectivity index (χ2v) is 5.40. The van der Waals surface area contributed by atoms with Crippen molar-refractivity contribution >= 4 is 11.9 Å². The molecule has 0 saturated heterocycles. The lowest BCUT2D eigenvalue weighted by Gasteiger charge is -2.10. The number of benzene rings is 1. The Bertz CT molecular complexity index is 455. The van der Waals surface area contributed by atoms with Crippen molar-refractivity contribution in [1.82, 2.24) is 10.2 Å². The summed E-state index contributed by atoms with van der Waals surface area (Å²) in [5.41, 5.74) is 1.83. The molecule has 0 saturated carbocycles. The van der Waals surface area contributed by atoms with Gasteiger partial charge >= 0.3 is 5.97 Å². The van der Waals surface area contributed by atoms with Gasteiger partial charge in [0.1, 0.15) is 0 Å². The summed E-state index contributed by atoms with van der Waals surface area (Å²) in [5, 5.41) is 11.4. The van der Waals surface area contributed by atoms with E-state index in [0.29, 0.717) is 18.5 Å². The molecule has 1 rings (SSSR count). The first-order valence-corrected chi connectivity index (χ1v) is 7.22. The average Bonchev–Trinajstić information content (AvgIpc) is 2.42. The molecule has 0 radical (unpaired) electrons. The van der Waals surface area contributed by atoms with Gasteiger partial charge in [0.2, 0.25) is 0 Å². The van der Waals surface area contributed by atoms with Gasteiger partial charge in [0.05, 0.1) is 0 Å². The Morgan fingerprint density at radius 3 is 2.33 bits per heavy atom. The van der Waals surface area contributed by atoms with Crippen LogP contribution in [0.1, 0.15) is 41.6 Å². The van der Waals surface area contributed by atoms with Crippen LogP contribution in [0.3, 0.4) is 0 Å². The van der Waals surface area contributed by atoms with Crippen molar-refractivity contribution in [2.75, 3.05) is 20.6 Å². The number of hydrogen-bond donors (Lipinski definition) is 2. The standard InChI is InChI=1S/C16H24N2O3/c1-18(2)12-13-7-9-14(10-8-13)16(21)17-11-5-3-4-6-15(19)20/h7-10H,3-6,11-12H2,1-2H3,(H,17,21)(H,19,20). The molecule has 1 aromatic rings. The molecule has 5 heteroatoms. The summed E-state index contributed by atoms with van der Waals surface area (Å²) in [4.78, 5) is 24.3. The monoisotopic (exact) mass is 292 g/mol. The van der Waals surface area contributed by atoms with Gasteiger partial charge in [-0.15, -0.1) is 0 Å². The van der Waals surface area contributed by atoms with Crippen LogP contribution < -0.4 is 5.32 Å². The zero-order chi connectivity index (χ0) is 15.7. The van der Waals surface area contributed by atoms with E-state index in [1.165, 1.54) is 5.56 Å². The van der Waals surface area contributed by atoms with Crippen molar-refractivity contribution in [1.29, 1.82) is 0 Å². The Balaban J connectivity index is 2.27. The van der Waals surface area contributed by atoms with E-state index in [1.54, 1.807) is 0 Å². The molecule has 0 aliphatic rings. The Morgan fingerprint density at radius 2 is 1.76 bits per heavy atom. The van der Waals surface area contributed by atoms with Gasteiger partial charge in [0, 0.05) is 25.1 Å². The van der Waals surface area contributed by atoms with E-state index in [4.69, 9.17) is 5.11 Å². The lowest BCUT2D eigenvalue weighted by Crippen LogP contribution is -2.24. The smallest absolute Gasteiger partial charge is 0.303 e. The minimum atomic E-state index is -0.767. The molecule has 0 aromatic heterocycles. The van der Waals surface area contributed by atoms with Crippen molar-refractivity contribution in [2.24, 2.45) is 0 Å².